The first-order chi connectivity index (χ1) is 15.1. The standard InChI is InChI=1S/C21H26N8O2/c1-12(2)15-11-17(28-27-15)24-18-13-5-3-6-14(13)23-20(25-18)29-9-4-7-16(29)19(30)26-21-22-8-10-31-21/h8,10-12,16H,3-7,9H2,1-2H3,(H,22,26,30)(H2,23,24,25,27,28)/t16-/m1/s1. The molecule has 1 atom stereocenters. The number of nitrogens with zero attached hydrogens (tertiary/aromatic N) is 5. The van der Waals surface area contributed by atoms with E-state index in [0.717, 1.165) is 67.2 Å². The second kappa shape index (κ2) is 8.01. The Morgan fingerprint density at radius 3 is 2.97 bits per heavy atom. The number of hydrogen-bond donors (Lipinski definition) is 3. The third-order valence-corrected chi connectivity index (χ3v) is 5.86. The van der Waals surface area contributed by atoms with E-state index in [1.807, 2.05) is 11.0 Å². The molecule has 0 unspecified atom stereocenters. The van der Waals surface area contributed by atoms with Gasteiger partial charge in [-0.25, -0.2) is 9.97 Å². The van der Waals surface area contributed by atoms with Crippen molar-refractivity contribution in [1.82, 2.24) is 25.1 Å². The fraction of sp³-hybridized carbons (Fsp3) is 0.476. The van der Waals surface area contributed by atoms with E-state index in [2.05, 4.69) is 39.7 Å². The third-order valence-electron chi connectivity index (χ3n) is 5.86. The number of H-pyrrole nitrogens is 1. The molecule has 0 saturated carbocycles. The van der Waals surface area contributed by atoms with Crippen LogP contribution in [0.3, 0.4) is 0 Å². The zero-order valence-corrected chi connectivity index (χ0v) is 17.7. The van der Waals surface area contributed by atoms with Crippen molar-refractivity contribution in [3.63, 3.8) is 0 Å². The molecule has 31 heavy (non-hydrogen) atoms. The Labute approximate surface area is 179 Å². The highest BCUT2D eigenvalue weighted by molar-refractivity contribution is 5.95. The number of oxazole rings is 1. The second-order valence-electron chi connectivity index (χ2n) is 8.32. The molecule has 0 radical (unpaired) electrons. The van der Waals surface area contributed by atoms with E-state index in [0.29, 0.717) is 11.9 Å². The highest BCUT2D eigenvalue weighted by Gasteiger charge is 2.34. The summed E-state index contributed by atoms with van der Waals surface area (Å²) >= 11 is 0. The fourth-order valence-corrected chi connectivity index (χ4v) is 4.22. The van der Waals surface area contributed by atoms with Crippen LogP contribution in [0.4, 0.5) is 23.6 Å². The average molecular weight is 422 g/mol. The van der Waals surface area contributed by atoms with Crippen LogP contribution in [0.5, 0.6) is 0 Å². The molecule has 1 aliphatic heterocycles. The van der Waals surface area contributed by atoms with Gasteiger partial charge in [-0.3, -0.25) is 15.2 Å². The Balaban J connectivity index is 1.42. The fourth-order valence-electron chi connectivity index (χ4n) is 4.22. The van der Waals surface area contributed by atoms with Crippen molar-refractivity contribution in [3.05, 3.63) is 35.5 Å². The Hall–Kier alpha value is -3.43. The molecular formula is C21H26N8O2. The number of aromatic amines is 1. The quantitative estimate of drug-likeness (QED) is 0.553. The summed E-state index contributed by atoms with van der Waals surface area (Å²) in [6.45, 7) is 4.96. The lowest BCUT2D eigenvalue weighted by atomic mass is 10.1. The van der Waals surface area contributed by atoms with E-state index in [1.165, 1.54) is 12.5 Å². The molecule has 2 aliphatic rings. The van der Waals surface area contributed by atoms with Crippen LogP contribution in [0, 0.1) is 0 Å². The second-order valence-corrected chi connectivity index (χ2v) is 8.32. The van der Waals surface area contributed by atoms with Crippen LogP contribution in [0.25, 0.3) is 0 Å². The number of nitrogens with one attached hydrogen (secondary N) is 3. The van der Waals surface area contributed by atoms with E-state index >= 15 is 0 Å². The molecule has 0 bridgehead atoms. The summed E-state index contributed by atoms with van der Waals surface area (Å²) in [6.07, 6.45) is 7.46. The van der Waals surface area contributed by atoms with Crippen molar-refractivity contribution >= 4 is 29.5 Å². The van der Waals surface area contributed by atoms with Gasteiger partial charge in [0.2, 0.25) is 5.95 Å². The van der Waals surface area contributed by atoms with Gasteiger partial charge < -0.3 is 14.6 Å². The minimum absolute atomic E-state index is 0.160. The summed E-state index contributed by atoms with van der Waals surface area (Å²) in [4.78, 5) is 28.5. The highest BCUT2D eigenvalue weighted by Crippen LogP contribution is 2.33. The first-order valence-corrected chi connectivity index (χ1v) is 10.8. The van der Waals surface area contributed by atoms with Crippen molar-refractivity contribution in [2.75, 3.05) is 22.1 Å². The van der Waals surface area contributed by atoms with E-state index in [-0.39, 0.29) is 18.0 Å². The molecule has 4 heterocycles. The molecule has 1 aliphatic carbocycles. The molecule has 10 nitrogen and oxygen atoms in total. The minimum atomic E-state index is -0.364. The molecule has 162 valence electrons. The number of anilines is 4. The zero-order chi connectivity index (χ0) is 21.4. The number of hydrogen-bond acceptors (Lipinski definition) is 8. The predicted molar refractivity (Wildman–Crippen MR) is 116 cm³/mol. The summed E-state index contributed by atoms with van der Waals surface area (Å²) in [5.41, 5.74) is 3.25. The predicted octanol–water partition coefficient (Wildman–Crippen LogP) is 3.15. The van der Waals surface area contributed by atoms with Gasteiger partial charge in [0.25, 0.3) is 5.91 Å². The summed E-state index contributed by atoms with van der Waals surface area (Å²) in [6, 6.07) is 1.85. The van der Waals surface area contributed by atoms with Crippen LogP contribution in [-0.2, 0) is 17.6 Å². The molecule has 1 amide bonds. The number of carbonyl (C=O) groups excluding carboxylic acids is 1. The van der Waals surface area contributed by atoms with Gasteiger partial charge >= 0.3 is 6.01 Å². The summed E-state index contributed by atoms with van der Waals surface area (Å²) in [5, 5.41) is 13.6. The smallest absolute Gasteiger partial charge is 0.301 e. The van der Waals surface area contributed by atoms with E-state index in [4.69, 9.17) is 14.4 Å². The SMILES string of the molecule is CC(C)c1cc(Nc2nc(N3CCC[C@@H]3C(=O)Nc3ncco3)nc3c2CCC3)n[nH]1. The molecule has 10 heteroatoms. The monoisotopic (exact) mass is 422 g/mol. The number of aryl methyl sites for hydroxylation is 1. The highest BCUT2D eigenvalue weighted by atomic mass is 16.4. The summed E-state index contributed by atoms with van der Waals surface area (Å²) < 4.78 is 5.16. The molecule has 3 N–H and O–H groups in total. The molecule has 1 fully saturated rings. The Bertz CT molecular complexity index is 1080. The normalized spacial score (nSPS) is 17.9. The van der Waals surface area contributed by atoms with Gasteiger partial charge in [0.05, 0.1) is 11.9 Å². The van der Waals surface area contributed by atoms with Gasteiger partial charge in [-0.2, -0.15) is 10.1 Å². The molecule has 3 aromatic rings. The van der Waals surface area contributed by atoms with Crippen molar-refractivity contribution in [2.24, 2.45) is 0 Å². The van der Waals surface area contributed by atoms with Gasteiger partial charge in [0.15, 0.2) is 5.82 Å². The molecule has 5 rings (SSSR count). The molecule has 0 aromatic carbocycles. The van der Waals surface area contributed by atoms with Gasteiger partial charge in [0.1, 0.15) is 18.1 Å². The first kappa shape index (κ1) is 19.5. The third kappa shape index (κ3) is 3.85. The van der Waals surface area contributed by atoms with Crippen LogP contribution >= 0.6 is 0 Å². The molecular weight excluding hydrogens is 396 g/mol. The lowest BCUT2D eigenvalue weighted by Gasteiger charge is -2.24. The van der Waals surface area contributed by atoms with Crippen LogP contribution in [-0.4, -0.2) is 43.6 Å². The van der Waals surface area contributed by atoms with E-state index < -0.39 is 0 Å². The van der Waals surface area contributed by atoms with Gasteiger partial charge in [0, 0.05) is 23.9 Å². The van der Waals surface area contributed by atoms with E-state index in [1.54, 1.807) is 0 Å². The zero-order valence-electron chi connectivity index (χ0n) is 17.7. The number of fused-ring (bicyclic) bond motifs is 1. The summed E-state index contributed by atoms with van der Waals surface area (Å²) in [7, 11) is 0. The van der Waals surface area contributed by atoms with Crippen molar-refractivity contribution in [3.8, 4) is 0 Å². The lowest BCUT2D eigenvalue weighted by Crippen LogP contribution is -2.40. The van der Waals surface area contributed by atoms with Crippen LogP contribution in [0.15, 0.2) is 22.9 Å². The lowest BCUT2D eigenvalue weighted by molar-refractivity contribution is -0.117. The molecule has 0 spiro atoms. The minimum Gasteiger partial charge on any atom is -0.432 e. The number of aromatic nitrogens is 5. The maximum atomic E-state index is 12.8. The summed E-state index contributed by atoms with van der Waals surface area (Å²) in [5.74, 6) is 2.29. The van der Waals surface area contributed by atoms with Crippen LogP contribution in [0.1, 0.15) is 56.0 Å². The first-order valence-electron chi connectivity index (χ1n) is 10.8. The molecule has 3 aromatic heterocycles. The Morgan fingerprint density at radius 1 is 1.29 bits per heavy atom. The maximum Gasteiger partial charge on any atom is 0.301 e. The van der Waals surface area contributed by atoms with Crippen LogP contribution < -0.4 is 15.5 Å². The Kier molecular flexibility index (Phi) is 5.05. The topological polar surface area (TPSA) is 125 Å². The van der Waals surface area contributed by atoms with Gasteiger partial charge in [-0.1, -0.05) is 13.8 Å². The largest absolute Gasteiger partial charge is 0.432 e. The number of carbonyl (C=O) groups is 1. The van der Waals surface area contributed by atoms with Gasteiger partial charge in [-0.05, 0) is 38.0 Å². The van der Waals surface area contributed by atoms with E-state index in [9.17, 15) is 4.79 Å². The Morgan fingerprint density at radius 2 is 2.19 bits per heavy atom. The van der Waals surface area contributed by atoms with Crippen molar-refractivity contribution in [1.29, 1.82) is 0 Å². The van der Waals surface area contributed by atoms with Gasteiger partial charge in [-0.15, -0.1) is 0 Å². The van der Waals surface area contributed by atoms with Crippen molar-refractivity contribution in [2.45, 2.75) is 57.9 Å². The van der Waals surface area contributed by atoms with Crippen LogP contribution in [0.2, 0.25) is 0 Å². The average Bonchev–Trinajstić information content (AvgIpc) is 3.53. The maximum absolute atomic E-state index is 12.8. The number of amides is 1. The molecule has 1 saturated heterocycles. The van der Waals surface area contributed by atoms with Crippen molar-refractivity contribution < 1.29 is 9.21 Å². The number of rotatable bonds is 6.